The lowest BCUT2D eigenvalue weighted by Crippen LogP contribution is -2.42. The van der Waals surface area contributed by atoms with E-state index in [-0.39, 0.29) is 11.9 Å². The normalized spacial score (nSPS) is 21.3. The summed E-state index contributed by atoms with van der Waals surface area (Å²) in [5.41, 5.74) is 1.26. The van der Waals surface area contributed by atoms with Crippen molar-refractivity contribution in [2.45, 2.75) is 32.7 Å². The van der Waals surface area contributed by atoms with Gasteiger partial charge in [-0.2, -0.15) is 0 Å². The number of nitrogens with zero attached hydrogens (tertiary/aromatic N) is 2. The first-order valence-electron chi connectivity index (χ1n) is 7.01. The van der Waals surface area contributed by atoms with E-state index in [1.54, 1.807) is 12.3 Å². The molecule has 1 aromatic rings. The van der Waals surface area contributed by atoms with E-state index in [2.05, 4.69) is 36.1 Å². The number of pyridine rings is 1. The fourth-order valence-electron chi connectivity index (χ4n) is 2.52. The molecule has 1 aromatic heterocycles. The quantitative estimate of drug-likeness (QED) is 0.907. The maximum absolute atomic E-state index is 13.1. The van der Waals surface area contributed by atoms with Crippen LogP contribution in [0.1, 0.15) is 38.3 Å². The maximum Gasteiger partial charge on any atom is 0.141 e. The fraction of sp³-hybridized carbons (Fsp3) is 0.667. The number of hydrogen-bond acceptors (Lipinski definition) is 3. The summed E-state index contributed by atoms with van der Waals surface area (Å²) in [6.07, 6.45) is 5.40. The van der Waals surface area contributed by atoms with Gasteiger partial charge in [-0.1, -0.05) is 6.92 Å². The van der Waals surface area contributed by atoms with Crippen molar-refractivity contribution in [1.82, 2.24) is 15.2 Å². The molecule has 0 saturated carbocycles. The molecule has 1 saturated heterocycles. The summed E-state index contributed by atoms with van der Waals surface area (Å²) >= 11 is 0. The minimum Gasteiger partial charge on any atom is -0.310 e. The Morgan fingerprint density at radius 1 is 1.42 bits per heavy atom. The van der Waals surface area contributed by atoms with Crippen LogP contribution in [0.2, 0.25) is 0 Å². The molecule has 1 aliphatic heterocycles. The molecule has 19 heavy (non-hydrogen) atoms. The molecule has 4 heteroatoms. The standard InChI is InChI=1S/C15H24FN3/c1-12(13-8-14(16)10-17-9-13)18-11-15(2)4-6-19(3)7-5-15/h8-10,12,18H,4-7,11H2,1-3H3. The van der Waals surface area contributed by atoms with E-state index in [0.29, 0.717) is 5.41 Å². The first kappa shape index (κ1) is 14.4. The molecule has 1 unspecified atom stereocenters. The number of rotatable bonds is 4. The second kappa shape index (κ2) is 5.97. The van der Waals surface area contributed by atoms with Gasteiger partial charge >= 0.3 is 0 Å². The number of likely N-dealkylation sites (tertiary alicyclic amines) is 1. The van der Waals surface area contributed by atoms with Gasteiger partial charge in [0, 0.05) is 18.8 Å². The van der Waals surface area contributed by atoms with E-state index >= 15 is 0 Å². The molecule has 106 valence electrons. The Morgan fingerprint density at radius 3 is 2.74 bits per heavy atom. The third kappa shape index (κ3) is 3.98. The fourth-order valence-corrected chi connectivity index (χ4v) is 2.52. The second-order valence-corrected chi connectivity index (χ2v) is 6.15. The minimum absolute atomic E-state index is 0.139. The third-order valence-electron chi connectivity index (χ3n) is 4.26. The molecular weight excluding hydrogens is 241 g/mol. The van der Waals surface area contributed by atoms with E-state index < -0.39 is 0 Å². The number of aromatic nitrogens is 1. The van der Waals surface area contributed by atoms with Gasteiger partial charge in [0.2, 0.25) is 0 Å². The van der Waals surface area contributed by atoms with Crippen molar-refractivity contribution < 1.29 is 4.39 Å². The van der Waals surface area contributed by atoms with Gasteiger partial charge < -0.3 is 10.2 Å². The Kier molecular flexibility index (Phi) is 4.53. The molecule has 1 aliphatic rings. The summed E-state index contributed by atoms with van der Waals surface area (Å²) < 4.78 is 13.1. The van der Waals surface area contributed by atoms with E-state index in [4.69, 9.17) is 0 Å². The Balaban J connectivity index is 1.88. The highest BCUT2D eigenvalue weighted by molar-refractivity contribution is 5.14. The number of hydrogen-bond donors (Lipinski definition) is 1. The van der Waals surface area contributed by atoms with Gasteiger partial charge in [0.15, 0.2) is 0 Å². The van der Waals surface area contributed by atoms with Crippen LogP contribution in [0.25, 0.3) is 0 Å². The molecule has 0 amide bonds. The van der Waals surface area contributed by atoms with E-state index in [9.17, 15) is 4.39 Å². The monoisotopic (exact) mass is 265 g/mol. The summed E-state index contributed by atoms with van der Waals surface area (Å²) in [6.45, 7) is 7.69. The predicted molar refractivity (Wildman–Crippen MR) is 75.5 cm³/mol. The van der Waals surface area contributed by atoms with Gasteiger partial charge in [-0.15, -0.1) is 0 Å². The van der Waals surface area contributed by atoms with Crippen molar-refractivity contribution >= 4 is 0 Å². The average Bonchev–Trinajstić information content (AvgIpc) is 2.40. The molecule has 2 rings (SSSR count). The van der Waals surface area contributed by atoms with Crippen LogP contribution < -0.4 is 5.32 Å². The van der Waals surface area contributed by atoms with Crippen molar-refractivity contribution in [3.05, 3.63) is 29.8 Å². The lowest BCUT2D eigenvalue weighted by molar-refractivity contribution is 0.134. The first-order chi connectivity index (χ1) is 8.98. The van der Waals surface area contributed by atoms with E-state index in [0.717, 1.165) is 25.2 Å². The molecule has 0 spiro atoms. The van der Waals surface area contributed by atoms with E-state index in [1.165, 1.54) is 19.0 Å². The van der Waals surface area contributed by atoms with Crippen molar-refractivity contribution in [3.63, 3.8) is 0 Å². The van der Waals surface area contributed by atoms with Crippen LogP contribution in [0.3, 0.4) is 0 Å². The van der Waals surface area contributed by atoms with Crippen LogP contribution in [0.4, 0.5) is 4.39 Å². The molecule has 0 aromatic carbocycles. The third-order valence-corrected chi connectivity index (χ3v) is 4.26. The van der Waals surface area contributed by atoms with Crippen molar-refractivity contribution in [1.29, 1.82) is 0 Å². The number of piperidine rings is 1. The van der Waals surface area contributed by atoms with Crippen molar-refractivity contribution in [3.8, 4) is 0 Å². The smallest absolute Gasteiger partial charge is 0.141 e. The summed E-state index contributed by atoms with van der Waals surface area (Å²) in [7, 11) is 2.17. The van der Waals surface area contributed by atoms with Gasteiger partial charge in [0.25, 0.3) is 0 Å². The molecule has 1 atom stereocenters. The highest BCUT2D eigenvalue weighted by atomic mass is 19.1. The van der Waals surface area contributed by atoms with Gasteiger partial charge in [-0.05, 0) is 56.9 Å². The van der Waals surface area contributed by atoms with Gasteiger partial charge in [0.1, 0.15) is 5.82 Å². The van der Waals surface area contributed by atoms with Crippen LogP contribution >= 0.6 is 0 Å². The van der Waals surface area contributed by atoms with Crippen LogP contribution in [0.5, 0.6) is 0 Å². The Labute approximate surface area is 115 Å². The van der Waals surface area contributed by atoms with Crippen LogP contribution in [-0.4, -0.2) is 36.6 Å². The van der Waals surface area contributed by atoms with E-state index in [1.807, 2.05) is 0 Å². The average molecular weight is 265 g/mol. The Hall–Kier alpha value is -1.00. The number of halogens is 1. The van der Waals surface area contributed by atoms with Gasteiger partial charge in [0.05, 0.1) is 6.20 Å². The highest BCUT2D eigenvalue weighted by Gasteiger charge is 2.28. The van der Waals surface area contributed by atoms with Crippen molar-refractivity contribution in [2.75, 3.05) is 26.7 Å². The topological polar surface area (TPSA) is 28.2 Å². The molecular formula is C15H24FN3. The van der Waals surface area contributed by atoms with Crippen LogP contribution in [0, 0.1) is 11.2 Å². The summed E-state index contributed by atoms with van der Waals surface area (Å²) in [5, 5.41) is 3.53. The van der Waals surface area contributed by atoms with Gasteiger partial charge in [-0.3, -0.25) is 4.98 Å². The summed E-state index contributed by atoms with van der Waals surface area (Å²) in [5.74, 6) is -0.267. The van der Waals surface area contributed by atoms with Crippen LogP contribution in [-0.2, 0) is 0 Å². The predicted octanol–water partition coefficient (Wildman–Crippen LogP) is 2.60. The molecule has 0 radical (unpaired) electrons. The lowest BCUT2D eigenvalue weighted by Gasteiger charge is -2.38. The molecule has 2 heterocycles. The van der Waals surface area contributed by atoms with Crippen molar-refractivity contribution in [2.24, 2.45) is 5.41 Å². The largest absolute Gasteiger partial charge is 0.310 e. The first-order valence-corrected chi connectivity index (χ1v) is 7.01. The molecule has 1 N–H and O–H groups in total. The maximum atomic E-state index is 13.1. The zero-order valence-electron chi connectivity index (χ0n) is 12.1. The molecule has 0 bridgehead atoms. The Morgan fingerprint density at radius 2 is 2.11 bits per heavy atom. The SMILES string of the molecule is CC(NCC1(C)CCN(C)CC1)c1cncc(F)c1. The van der Waals surface area contributed by atoms with Crippen LogP contribution in [0.15, 0.2) is 18.5 Å². The van der Waals surface area contributed by atoms with Gasteiger partial charge in [-0.25, -0.2) is 4.39 Å². The Bertz CT molecular complexity index is 414. The molecule has 1 fully saturated rings. The second-order valence-electron chi connectivity index (χ2n) is 6.15. The molecule has 0 aliphatic carbocycles. The zero-order valence-corrected chi connectivity index (χ0v) is 12.1. The molecule has 3 nitrogen and oxygen atoms in total. The lowest BCUT2D eigenvalue weighted by atomic mass is 9.80. The highest BCUT2D eigenvalue weighted by Crippen LogP contribution is 2.30. The zero-order chi connectivity index (χ0) is 13.9. The number of nitrogens with one attached hydrogen (secondary N) is 1. The minimum atomic E-state index is -0.267. The summed E-state index contributed by atoms with van der Waals surface area (Å²) in [6, 6.07) is 1.70. The summed E-state index contributed by atoms with van der Waals surface area (Å²) in [4.78, 5) is 6.28.